The Morgan fingerprint density at radius 3 is 2.57 bits per heavy atom. The maximum Gasteiger partial charge on any atom is 0.336 e. The minimum absolute atomic E-state index is 0.102. The first-order chi connectivity index (χ1) is 13.3. The van der Waals surface area contributed by atoms with Crippen molar-refractivity contribution in [2.75, 3.05) is 7.11 Å². The van der Waals surface area contributed by atoms with Gasteiger partial charge in [-0.1, -0.05) is 56.3 Å². The molecule has 0 bridgehead atoms. The Bertz CT molecular complexity index is 1050. The van der Waals surface area contributed by atoms with Gasteiger partial charge in [0.15, 0.2) is 5.78 Å². The summed E-state index contributed by atoms with van der Waals surface area (Å²) in [5.74, 6) is -0.712. The maximum absolute atomic E-state index is 13.3. The topological polar surface area (TPSA) is 55.4 Å². The molecule has 0 saturated carbocycles. The van der Waals surface area contributed by atoms with E-state index in [1.807, 2.05) is 31.2 Å². The maximum atomic E-state index is 13.3. The van der Waals surface area contributed by atoms with Gasteiger partial charge in [0.1, 0.15) is 0 Å². The average molecular weight is 375 g/mol. The van der Waals surface area contributed by atoms with Crippen molar-refractivity contribution in [1.82, 2.24) is 5.32 Å². The van der Waals surface area contributed by atoms with Crippen LogP contribution in [-0.2, 0) is 14.3 Å². The number of ketones is 1. The average Bonchev–Trinajstić information content (AvgIpc) is 2.65. The fourth-order valence-electron chi connectivity index (χ4n) is 4.63. The van der Waals surface area contributed by atoms with E-state index in [4.69, 9.17) is 4.74 Å². The molecule has 2 aromatic carbocycles. The van der Waals surface area contributed by atoms with Gasteiger partial charge >= 0.3 is 5.97 Å². The molecule has 0 amide bonds. The van der Waals surface area contributed by atoms with Crippen molar-refractivity contribution in [3.63, 3.8) is 0 Å². The summed E-state index contributed by atoms with van der Waals surface area (Å²) < 4.78 is 5.11. The number of hydrogen-bond acceptors (Lipinski definition) is 4. The van der Waals surface area contributed by atoms with Crippen LogP contribution in [0.3, 0.4) is 0 Å². The molecule has 0 radical (unpaired) electrons. The molecule has 4 rings (SSSR count). The minimum atomic E-state index is -0.418. The molecular formula is C24H25NO3. The van der Waals surface area contributed by atoms with Crippen molar-refractivity contribution in [1.29, 1.82) is 0 Å². The lowest BCUT2D eigenvalue weighted by molar-refractivity contribution is -0.136. The normalized spacial score (nSPS) is 21.4. The standard InChI is InChI=1S/C24H25NO3/c1-14-20(23(27)28-4)21(17-11-7-9-15-8-5-6-10-16(15)17)22-18(25-14)12-24(2,3)13-19(22)26/h5-11,21,25H,12-13H2,1-4H3/t21-/m0/s1. The van der Waals surface area contributed by atoms with E-state index in [0.717, 1.165) is 34.2 Å². The smallest absolute Gasteiger partial charge is 0.336 e. The largest absolute Gasteiger partial charge is 0.466 e. The number of carbonyl (C=O) groups excluding carboxylic acids is 2. The highest BCUT2D eigenvalue weighted by molar-refractivity contribution is 6.05. The lowest BCUT2D eigenvalue weighted by Gasteiger charge is -2.39. The van der Waals surface area contributed by atoms with Crippen molar-refractivity contribution in [3.8, 4) is 0 Å². The number of fused-ring (bicyclic) bond motifs is 1. The molecule has 4 heteroatoms. The predicted molar refractivity (Wildman–Crippen MR) is 110 cm³/mol. The molecule has 1 aliphatic carbocycles. The highest BCUT2D eigenvalue weighted by Crippen LogP contribution is 2.47. The van der Waals surface area contributed by atoms with Gasteiger partial charge in [0, 0.05) is 29.3 Å². The number of benzene rings is 2. The van der Waals surface area contributed by atoms with Crippen molar-refractivity contribution in [3.05, 3.63) is 70.6 Å². The van der Waals surface area contributed by atoms with Crippen LogP contribution < -0.4 is 5.32 Å². The lowest BCUT2D eigenvalue weighted by Crippen LogP contribution is -2.38. The van der Waals surface area contributed by atoms with Crippen LogP contribution in [0.5, 0.6) is 0 Å². The van der Waals surface area contributed by atoms with Gasteiger partial charge in [0.05, 0.1) is 12.7 Å². The Balaban J connectivity index is 2.00. The fourth-order valence-corrected chi connectivity index (χ4v) is 4.63. The van der Waals surface area contributed by atoms with E-state index in [1.54, 1.807) is 0 Å². The highest BCUT2D eigenvalue weighted by atomic mass is 16.5. The third-order valence-electron chi connectivity index (χ3n) is 5.78. The Morgan fingerprint density at radius 1 is 1.11 bits per heavy atom. The van der Waals surface area contributed by atoms with E-state index in [2.05, 4.69) is 37.4 Å². The summed E-state index contributed by atoms with van der Waals surface area (Å²) in [5, 5.41) is 5.50. The molecule has 2 aliphatic rings. The van der Waals surface area contributed by atoms with E-state index >= 15 is 0 Å². The zero-order valence-electron chi connectivity index (χ0n) is 16.8. The van der Waals surface area contributed by atoms with Crippen LogP contribution in [0.15, 0.2) is 65.0 Å². The molecular weight excluding hydrogens is 350 g/mol. The summed E-state index contributed by atoms with van der Waals surface area (Å²) in [6.07, 6.45) is 1.25. The second-order valence-electron chi connectivity index (χ2n) is 8.49. The second-order valence-corrected chi connectivity index (χ2v) is 8.49. The first-order valence-electron chi connectivity index (χ1n) is 9.62. The van der Waals surface area contributed by atoms with Gasteiger partial charge in [-0.15, -0.1) is 0 Å². The molecule has 0 spiro atoms. The Morgan fingerprint density at radius 2 is 1.82 bits per heavy atom. The van der Waals surface area contributed by atoms with Gasteiger partial charge in [-0.05, 0) is 35.1 Å². The molecule has 0 unspecified atom stereocenters. The van der Waals surface area contributed by atoms with Crippen LogP contribution in [0.25, 0.3) is 10.8 Å². The van der Waals surface area contributed by atoms with E-state index in [1.165, 1.54) is 7.11 Å². The van der Waals surface area contributed by atoms with Crippen LogP contribution >= 0.6 is 0 Å². The summed E-state index contributed by atoms with van der Waals surface area (Å²) in [6, 6.07) is 14.1. The molecule has 1 atom stereocenters. The minimum Gasteiger partial charge on any atom is -0.466 e. The van der Waals surface area contributed by atoms with Crippen LogP contribution in [0.1, 0.15) is 45.1 Å². The number of esters is 1. The van der Waals surface area contributed by atoms with Gasteiger partial charge in [-0.3, -0.25) is 4.79 Å². The van der Waals surface area contributed by atoms with E-state index in [9.17, 15) is 9.59 Å². The van der Waals surface area contributed by atoms with Gasteiger partial charge in [0.25, 0.3) is 0 Å². The number of Topliss-reactive ketones (excluding diaryl/α,β-unsaturated/α-hetero) is 1. The summed E-state index contributed by atoms with van der Waals surface area (Å²) in [6.45, 7) is 6.11. The molecule has 0 aromatic heterocycles. The Hall–Kier alpha value is -2.88. The molecule has 1 N–H and O–H groups in total. The van der Waals surface area contributed by atoms with Gasteiger partial charge in [-0.25, -0.2) is 4.79 Å². The number of nitrogens with one attached hydrogen (secondary N) is 1. The number of hydrogen-bond donors (Lipinski definition) is 1. The summed E-state index contributed by atoms with van der Waals surface area (Å²) >= 11 is 0. The first-order valence-corrected chi connectivity index (χ1v) is 9.62. The van der Waals surface area contributed by atoms with Crippen molar-refractivity contribution in [2.24, 2.45) is 5.41 Å². The lowest BCUT2D eigenvalue weighted by atomic mass is 9.68. The first kappa shape index (κ1) is 18.5. The zero-order chi connectivity index (χ0) is 20.1. The summed E-state index contributed by atoms with van der Waals surface area (Å²) in [4.78, 5) is 26.0. The molecule has 0 saturated heterocycles. The second kappa shape index (κ2) is 6.62. The molecule has 28 heavy (non-hydrogen) atoms. The highest BCUT2D eigenvalue weighted by Gasteiger charge is 2.43. The van der Waals surface area contributed by atoms with Crippen molar-refractivity contribution in [2.45, 2.75) is 39.5 Å². The third kappa shape index (κ3) is 2.93. The number of carbonyl (C=O) groups is 2. The van der Waals surface area contributed by atoms with Crippen molar-refractivity contribution < 1.29 is 14.3 Å². The molecule has 144 valence electrons. The summed E-state index contributed by atoms with van der Waals surface area (Å²) in [5.41, 5.74) is 3.79. The van der Waals surface area contributed by atoms with Crippen LogP contribution in [0.4, 0.5) is 0 Å². The van der Waals surface area contributed by atoms with Gasteiger partial charge in [-0.2, -0.15) is 0 Å². The predicted octanol–water partition coefficient (Wildman–Crippen LogP) is 4.62. The van der Waals surface area contributed by atoms with E-state index in [0.29, 0.717) is 17.6 Å². The molecule has 4 nitrogen and oxygen atoms in total. The van der Waals surface area contributed by atoms with Gasteiger partial charge < -0.3 is 10.1 Å². The number of ether oxygens (including phenoxy) is 1. The number of allylic oxidation sites excluding steroid dienone is 3. The third-order valence-corrected chi connectivity index (χ3v) is 5.78. The molecule has 2 aromatic rings. The number of rotatable bonds is 2. The summed E-state index contributed by atoms with van der Waals surface area (Å²) in [7, 11) is 1.39. The Kier molecular flexibility index (Phi) is 4.37. The number of methoxy groups -OCH3 is 1. The van der Waals surface area contributed by atoms with E-state index < -0.39 is 11.9 Å². The monoisotopic (exact) mass is 375 g/mol. The van der Waals surface area contributed by atoms with Crippen LogP contribution in [0.2, 0.25) is 0 Å². The molecule has 1 heterocycles. The zero-order valence-corrected chi connectivity index (χ0v) is 16.8. The van der Waals surface area contributed by atoms with E-state index in [-0.39, 0.29) is 11.2 Å². The Labute approximate surface area is 165 Å². The van der Waals surface area contributed by atoms with Crippen LogP contribution in [-0.4, -0.2) is 18.9 Å². The fraction of sp³-hybridized carbons (Fsp3) is 0.333. The van der Waals surface area contributed by atoms with Gasteiger partial charge in [0.2, 0.25) is 0 Å². The number of dihydropyridines is 1. The molecule has 1 aliphatic heterocycles. The van der Waals surface area contributed by atoms with Crippen molar-refractivity contribution >= 4 is 22.5 Å². The van der Waals surface area contributed by atoms with Crippen LogP contribution in [0, 0.1) is 5.41 Å². The quantitative estimate of drug-likeness (QED) is 0.779. The SMILES string of the molecule is COC(=O)C1=C(C)NC2=C(C(=O)CC(C)(C)C2)[C@H]1c1cccc2ccccc12. The molecule has 0 fully saturated rings.